The van der Waals surface area contributed by atoms with E-state index in [9.17, 15) is 0 Å². The molecule has 1 nitrogen and oxygen atoms in total. The lowest BCUT2D eigenvalue weighted by Gasteiger charge is -2.26. The molecule has 1 heteroatoms. The molecule has 16 heavy (non-hydrogen) atoms. The molecule has 0 atom stereocenters. The number of rotatable bonds is 5. The summed E-state index contributed by atoms with van der Waals surface area (Å²) >= 11 is 0. The molecule has 0 spiro atoms. The molecule has 0 unspecified atom stereocenters. The van der Waals surface area contributed by atoms with Crippen molar-refractivity contribution in [3.63, 3.8) is 0 Å². The highest BCUT2D eigenvalue weighted by molar-refractivity contribution is 5.28. The minimum absolute atomic E-state index is 0.286. The van der Waals surface area contributed by atoms with Gasteiger partial charge in [0, 0.05) is 6.04 Å². The van der Waals surface area contributed by atoms with Crippen molar-refractivity contribution in [3.05, 3.63) is 35.4 Å². The highest BCUT2D eigenvalue weighted by Gasteiger charge is 2.23. The van der Waals surface area contributed by atoms with E-state index in [1.807, 2.05) is 0 Å². The van der Waals surface area contributed by atoms with Gasteiger partial charge in [0.2, 0.25) is 0 Å². The number of aryl methyl sites for hydroxylation is 1. The van der Waals surface area contributed by atoms with Crippen LogP contribution < -0.4 is 5.32 Å². The number of benzene rings is 1. The molecule has 0 heterocycles. The van der Waals surface area contributed by atoms with Crippen LogP contribution >= 0.6 is 0 Å². The Kier molecular flexibility index (Phi) is 3.34. The highest BCUT2D eigenvalue weighted by atomic mass is 14.9. The Bertz CT molecular complexity index is 350. The molecule has 0 bridgehead atoms. The standard InChI is InChI=1S/C15H23N/c1-12-5-4-6-13(11-12)15(2,3)9-10-16-14-7-8-14/h4-6,11,14,16H,7-10H2,1-3H3. The van der Waals surface area contributed by atoms with Gasteiger partial charge in [0.15, 0.2) is 0 Å². The molecular formula is C15H23N. The topological polar surface area (TPSA) is 12.0 Å². The van der Waals surface area contributed by atoms with Crippen LogP contribution in [0.15, 0.2) is 24.3 Å². The predicted octanol–water partition coefficient (Wildman–Crippen LogP) is 3.41. The zero-order valence-electron chi connectivity index (χ0n) is 10.7. The SMILES string of the molecule is Cc1cccc(C(C)(C)CCNC2CC2)c1. The van der Waals surface area contributed by atoms with E-state index in [0.29, 0.717) is 0 Å². The first-order valence-corrected chi connectivity index (χ1v) is 6.38. The maximum absolute atomic E-state index is 3.60. The second kappa shape index (κ2) is 4.58. The molecule has 0 saturated heterocycles. The minimum Gasteiger partial charge on any atom is -0.314 e. The summed E-state index contributed by atoms with van der Waals surface area (Å²) in [4.78, 5) is 0. The van der Waals surface area contributed by atoms with Gasteiger partial charge in [0.05, 0.1) is 0 Å². The third-order valence-corrected chi connectivity index (χ3v) is 3.56. The van der Waals surface area contributed by atoms with Crippen LogP contribution in [-0.4, -0.2) is 12.6 Å². The van der Waals surface area contributed by atoms with Gasteiger partial charge < -0.3 is 5.32 Å². The van der Waals surface area contributed by atoms with Gasteiger partial charge in [-0.25, -0.2) is 0 Å². The molecule has 1 fully saturated rings. The third kappa shape index (κ3) is 3.08. The summed E-state index contributed by atoms with van der Waals surface area (Å²) in [5.74, 6) is 0. The lowest BCUT2D eigenvalue weighted by Crippen LogP contribution is -2.26. The third-order valence-electron chi connectivity index (χ3n) is 3.56. The maximum Gasteiger partial charge on any atom is 0.00682 e. The van der Waals surface area contributed by atoms with Gasteiger partial charge in [-0.05, 0) is 43.7 Å². The van der Waals surface area contributed by atoms with E-state index in [-0.39, 0.29) is 5.41 Å². The van der Waals surface area contributed by atoms with Crippen molar-refractivity contribution < 1.29 is 0 Å². The fourth-order valence-electron chi connectivity index (χ4n) is 2.09. The first-order valence-electron chi connectivity index (χ1n) is 6.38. The van der Waals surface area contributed by atoms with Gasteiger partial charge in [0.1, 0.15) is 0 Å². The molecule has 0 radical (unpaired) electrons. The smallest absolute Gasteiger partial charge is 0.00682 e. The monoisotopic (exact) mass is 217 g/mol. The van der Waals surface area contributed by atoms with Gasteiger partial charge in [-0.2, -0.15) is 0 Å². The Morgan fingerprint density at radius 2 is 2.06 bits per heavy atom. The van der Waals surface area contributed by atoms with E-state index >= 15 is 0 Å². The molecule has 88 valence electrons. The van der Waals surface area contributed by atoms with Gasteiger partial charge in [-0.15, -0.1) is 0 Å². The largest absolute Gasteiger partial charge is 0.314 e. The summed E-state index contributed by atoms with van der Waals surface area (Å²) in [5.41, 5.74) is 3.11. The Labute approximate surface area is 99.3 Å². The number of nitrogens with one attached hydrogen (secondary N) is 1. The Morgan fingerprint density at radius 1 is 1.31 bits per heavy atom. The highest BCUT2D eigenvalue weighted by Crippen LogP contribution is 2.28. The van der Waals surface area contributed by atoms with Gasteiger partial charge in [-0.3, -0.25) is 0 Å². The quantitative estimate of drug-likeness (QED) is 0.797. The van der Waals surface area contributed by atoms with Gasteiger partial charge >= 0.3 is 0 Å². The van der Waals surface area contributed by atoms with Crippen LogP contribution in [0.5, 0.6) is 0 Å². The van der Waals surface area contributed by atoms with Crippen LogP contribution in [0.2, 0.25) is 0 Å². The lowest BCUT2D eigenvalue weighted by atomic mass is 9.81. The fourth-order valence-corrected chi connectivity index (χ4v) is 2.09. The normalized spacial score (nSPS) is 16.4. The summed E-state index contributed by atoms with van der Waals surface area (Å²) in [5, 5.41) is 3.60. The second-order valence-electron chi connectivity index (χ2n) is 5.73. The van der Waals surface area contributed by atoms with Crippen LogP contribution in [0.1, 0.15) is 44.2 Å². The van der Waals surface area contributed by atoms with E-state index in [1.165, 1.54) is 30.4 Å². The average Bonchev–Trinajstić information content (AvgIpc) is 3.01. The first-order chi connectivity index (χ1) is 7.58. The predicted molar refractivity (Wildman–Crippen MR) is 69.8 cm³/mol. The van der Waals surface area contributed by atoms with Crippen LogP contribution in [0.3, 0.4) is 0 Å². The second-order valence-corrected chi connectivity index (χ2v) is 5.73. The van der Waals surface area contributed by atoms with Crippen LogP contribution in [0.25, 0.3) is 0 Å². The molecule has 1 N–H and O–H groups in total. The maximum atomic E-state index is 3.60. The van der Waals surface area contributed by atoms with Crippen molar-refractivity contribution in [2.75, 3.05) is 6.54 Å². The van der Waals surface area contributed by atoms with E-state index < -0.39 is 0 Å². The van der Waals surface area contributed by atoms with E-state index in [1.54, 1.807) is 0 Å². The first kappa shape index (κ1) is 11.7. The fraction of sp³-hybridized carbons (Fsp3) is 0.600. The summed E-state index contributed by atoms with van der Waals surface area (Å²) < 4.78 is 0. The number of hydrogen-bond donors (Lipinski definition) is 1. The molecule has 0 amide bonds. The lowest BCUT2D eigenvalue weighted by molar-refractivity contribution is 0.456. The number of hydrogen-bond acceptors (Lipinski definition) is 1. The van der Waals surface area contributed by atoms with Crippen LogP contribution in [0.4, 0.5) is 0 Å². The van der Waals surface area contributed by atoms with E-state index in [2.05, 4.69) is 50.4 Å². The molecule has 1 aromatic carbocycles. The van der Waals surface area contributed by atoms with Crippen molar-refractivity contribution in [1.29, 1.82) is 0 Å². The Balaban J connectivity index is 1.93. The molecule has 1 aromatic rings. The summed E-state index contributed by atoms with van der Waals surface area (Å²) in [6.45, 7) is 8.00. The zero-order chi connectivity index (χ0) is 11.6. The zero-order valence-corrected chi connectivity index (χ0v) is 10.7. The van der Waals surface area contributed by atoms with E-state index in [0.717, 1.165) is 12.6 Å². The summed E-state index contributed by atoms with van der Waals surface area (Å²) in [6, 6.07) is 9.73. The average molecular weight is 217 g/mol. The summed E-state index contributed by atoms with van der Waals surface area (Å²) in [6.07, 6.45) is 3.97. The van der Waals surface area contributed by atoms with Crippen molar-refractivity contribution >= 4 is 0 Å². The molecule has 1 aliphatic carbocycles. The Morgan fingerprint density at radius 3 is 2.69 bits per heavy atom. The van der Waals surface area contributed by atoms with Crippen LogP contribution in [0, 0.1) is 6.92 Å². The molecule has 0 aliphatic heterocycles. The molecular weight excluding hydrogens is 194 g/mol. The molecule has 2 rings (SSSR count). The van der Waals surface area contributed by atoms with Crippen molar-refractivity contribution in [2.24, 2.45) is 0 Å². The Hall–Kier alpha value is -0.820. The molecule has 1 saturated carbocycles. The summed E-state index contributed by atoms with van der Waals surface area (Å²) in [7, 11) is 0. The van der Waals surface area contributed by atoms with Crippen molar-refractivity contribution in [3.8, 4) is 0 Å². The molecule has 1 aliphatic rings. The van der Waals surface area contributed by atoms with Gasteiger partial charge in [0.25, 0.3) is 0 Å². The van der Waals surface area contributed by atoms with Crippen molar-refractivity contribution in [1.82, 2.24) is 5.32 Å². The van der Waals surface area contributed by atoms with Crippen molar-refractivity contribution in [2.45, 2.75) is 51.5 Å². The van der Waals surface area contributed by atoms with Crippen LogP contribution in [-0.2, 0) is 5.41 Å². The molecule has 0 aromatic heterocycles. The van der Waals surface area contributed by atoms with Gasteiger partial charge in [-0.1, -0.05) is 43.7 Å². The van der Waals surface area contributed by atoms with E-state index in [4.69, 9.17) is 0 Å². The minimum atomic E-state index is 0.286.